The average Bonchev–Trinajstić information content (AvgIpc) is 2.94. The number of benzene rings is 1. The second-order valence-corrected chi connectivity index (χ2v) is 4.10. The molecule has 0 bridgehead atoms. The predicted molar refractivity (Wildman–Crippen MR) is 74.7 cm³/mol. The number of aromatic nitrogens is 2. The number of nitrogens with zero attached hydrogens (tertiary/aromatic N) is 2. The van der Waals surface area contributed by atoms with Crippen LogP contribution in [-0.4, -0.2) is 23.3 Å². The molecule has 5 nitrogen and oxygen atoms in total. The van der Waals surface area contributed by atoms with E-state index in [9.17, 15) is 0 Å². The van der Waals surface area contributed by atoms with Crippen LogP contribution in [-0.2, 0) is 11.3 Å². The van der Waals surface area contributed by atoms with Gasteiger partial charge in [-0.05, 0) is 12.5 Å². The van der Waals surface area contributed by atoms with E-state index in [1.807, 2.05) is 37.3 Å². The lowest BCUT2D eigenvalue weighted by Crippen LogP contribution is -2.13. The maximum absolute atomic E-state index is 5.72. The topological polar surface area (TPSA) is 60.2 Å². The lowest BCUT2D eigenvalue weighted by atomic mass is 10.1. The molecule has 0 radical (unpaired) electrons. The number of ether oxygens (including phenoxy) is 1. The first-order chi connectivity index (χ1) is 9.85. The van der Waals surface area contributed by atoms with Gasteiger partial charge in [0.05, 0.1) is 13.1 Å². The Morgan fingerprint density at radius 1 is 1.40 bits per heavy atom. The molecule has 1 aromatic carbocycles. The fourth-order valence-corrected chi connectivity index (χ4v) is 1.80. The lowest BCUT2D eigenvalue weighted by Gasteiger charge is -2.13. The Kier molecular flexibility index (Phi) is 5.30. The van der Waals surface area contributed by atoms with Crippen LogP contribution in [0.15, 0.2) is 34.9 Å². The van der Waals surface area contributed by atoms with Gasteiger partial charge in [-0.1, -0.05) is 41.4 Å². The molecule has 0 spiro atoms. The fourth-order valence-electron chi connectivity index (χ4n) is 1.80. The molecule has 20 heavy (non-hydrogen) atoms. The largest absolute Gasteiger partial charge is 0.366 e. The molecule has 2 aromatic rings. The Balaban J connectivity index is 2.12. The molecule has 5 heteroatoms. The van der Waals surface area contributed by atoms with Crippen molar-refractivity contribution in [1.82, 2.24) is 15.5 Å². The minimum absolute atomic E-state index is 0.314. The van der Waals surface area contributed by atoms with Gasteiger partial charge in [-0.15, -0.1) is 6.42 Å². The van der Waals surface area contributed by atoms with Gasteiger partial charge in [-0.25, -0.2) is 0 Å². The van der Waals surface area contributed by atoms with E-state index < -0.39 is 0 Å². The van der Waals surface area contributed by atoms with Gasteiger partial charge in [0.15, 0.2) is 0 Å². The minimum Gasteiger partial charge on any atom is -0.366 e. The molecule has 1 N–H and O–H groups in total. The number of nitrogens with one attached hydrogen (secondary N) is 1. The minimum atomic E-state index is -0.314. The molecule has 104 valence electrons. The van der Waals surface area contributed by atoms with Gasteiger partial charge in [0.2, 0.25) is 11.7 Å². The molecule has 0 saturated heterocycles. The Hall–Kier alpha value is -2.16. The lowest BCUT2D eigenvalue weighted by molar-refractivity contribution is 0.0833. The zero-order valence-corrected chi connectivity index (χ0v) is 11.4. The van der Waals surface area contributed by atoms with E-state index in [1.165, 1.54) is 0 Å². The normalized spacial score (nSPS) is 12.0. The standard InChI is InChI=1S/C15H17N3O2/c1-3-10-16-11-13-17-15(18-20-13)14(19-4-2)12-8-6-5-7-9-12/h1,5-9,14,16H,4,10-11H2,2H3. The van der Waals surface area contributed by atoms with Crippen molar-refractivity contribution in [3.8, 4) is 12.3 Å². The second-order valence-electron chi connectivity index (χ2n) is 4.10. The Morgan fingerprint density at radius 3 is 2.90 bits per heavy atom. The van der Waals surface area contributed by atoms with E-state index in [4.69, 9.17) is 15.7 Å². The number of terminal acetylenes is 1. The van der Waals surface area contributed by atoms with Gasteiger partial charge in [-0.2, -0.15) is 4.98 Å². The summed E-state index contributed by atoms with van der Waals surface area (Å²) < 4.78 is 10.9. The summed E-state index contributed by atoms with van der Waals surface area (Å²) >= 11 is 0. The van der Waals surface area contributed by atoms with Crippen LogP contribution in [0.2, 0.25) is 0 Å². The van der Waals surface area contributed by atoms with Crippen molar-refractivity contribution < 1.29 is 9.26 Å². The molecule has 1 aromatic heterocycles. The van der Waals surface area contributed by atoms with Gasteiger partial charge < -0.3 is 9.26 Å². The third-order valence-corrected chi connectivity index (χ3v) is 2.66. The SMILES string of the molecule is C#CCNCc1nc(C(OCC)c2ccccc2)no1. The maximum Gasteiger partial charge on any atom is 0.240 e. The van der Waals surface area contributed by atoms with E-state index >= 15 is 0 Å². The van der Waals surface area contributed by atoms with Crippen molar-refractivity contribution in [3.05, 3.63) is 47.6 Å². The van der Waals surface area contributed by atoms with Crippen LogP contribution in [0.4, 0.5) is 0 Å². The smallest absolute Gasteiger partial charge is 0.240 e. The van der Waals surface area contributed by atoms with Crippen LogP contribution in [0, 0.1) is 12.3 Å². The molecular formula is C15H17N3O2. The Bertz CT molecular complexity index is 560. The van der Waals surface area contributed by atoms with E-state index in [0.717, 1.165) is 5.56 Å². The van der Waals surface area contributed by atoms with Gasteiger partial charge in [-0.3, -0.25) is 5.32 Å². The highest BCUT2D eigenvalue weighted by Gasteiger charge is 2.20. The van der Waals surface area contributed by atoms with Crippen molar-refractivity contribution in [3.63, 3.8) is 0 Å². The van der Waals surface area contributed by atoms with Crippen LogP contribution in [0.3, 0.4) is 0 Å². The molecule has 1 atom stereocenters. The quantitative estimate of drug-likeness (QED) is 0.616. The predicted octanol–water partition coefficient (Wildman–Crippen LogP) is 1.92. The summed E-state index contributed by atoms with van der Waals surface area (Å²) in [4.78, 5) is 4.34. The third-order valence-electron chi connectivity index (χ3n) is 2.66. The van der Waals surface area contributed by atoms with Crippen molar-refractivity contribution in [1.29, 1.82) is 0 Å². The summed E-state index contributed by atoms with van der Waals surface area (Å²) in [6.45, 7) is 3.42. The van der Waals surface area contributed by atoms with E-state index in [0.29, 0.717) is 31.4 Å². The van der Waals surface area contributed by atoms with Crippen molar-refractivity contribution in [2.24, 2.45) is 0 Å². The van der Waals surface area contributed by atoms with Crippen molar-refractivity contribution in [2.45, 2.75) is 19.6 Å². The molecule has 1 unspecified atom stereocenters. The number of hydrogen-bond donors (Lipinski definition) is 1. The zero-order valence-electron chi connectivity index (χ0n) is 11.4. The van der Waals surface area contributed by atoms with Crippen LogP contribution in [0.5, 0.6) is 0 Å². The molecule has 0 aliphatic heterocycles. The van der Waals surface area contributed by atoms with Gasteiger partial charge in [0.25, 0.3) is 0 Å². The number of rotatable bonds is 7. The van der Waals surface area contributed by atoms with Crippen molar-refractivity contribution >= 4 is 0 Å². The summed E-state index contributed by atoms with van der Waals surface area (Å²) in [5.41, 5.74) is 0.998. The van der Waals surface area contributed by atoms with Crippen LogP contribution >= 0.6 is 0 Å². The van der Waals surface area contributed by atoms with E-state index in [2.05, 4.69) is 21.4 Å². The molecule has 2 rings (SSSR count). The summed E-state index contributed by atoms with van der Waals surface area (Å²) in [5, 5.41) is 6.99. The molecule has 0 amide bonds. The summed E-state index contributed by atoms with van der Waals surface area (Å²) in [7, 11) is 0. The van der Waals surface area contributed by atoms with Gasteiger partial charge in [0, 0.05) is 6.61 Å². The Morgan fingerprint density at radius 2 is 2.20 bits per heavy atom. The van der Waals surface area contributed by atoms with E-state index in [-0.39, 0.29) is 6.10 Å². The first kappa shape index (κ1) is 14.3. The summed E-state index contributed by atoms with van der Waals surface area (Å²) in [5.74, 6) is 3.51. The molecule has 1 heterocycles. The summed E-state index contributed by atoms with van der Waals surface area (Å²) in [6, 6.07) is 9.82. The second kappa shape index (κ2) is 7.43. The number of hydrogen-bond acceptors (Lipinski definition) is 5. The van der Waals surface area contributed by atoms with Gasteiger partial charge >= 0.3 is 0 Å². The molecular weight excluding hydrogens is 254 g/mol. The first-order valence-corrected chi connectivity index (χ1v) is 6.48. The summed E-state index contributed by atoms with van der Waals surface area (Å²) in [6.07, 6.45) is 4.85. The van der Waals surface area contributed by atoms with Crippen LogP contribution in [0.25, 0.3) is 0 Å². The highest BCUT2D eigenvalue weighted by molar-refractivity contribution is 5.22. The maximum atomic E-state index is 5.72. The molecule has 0 fully saturated rings. The molecule has 0 saturated carbocycles. The third kappa shape index (κ3) is 3.67. The zero-order chi connectivity index (χ0) is 14.2. The first-order valence-electron chi connectivity index (χ1n) is 6.48. The van der Waals surface area contributed by atoms with Gasteiger partial charge in [0.1, 0.15) is 6.10 Å². The Labute approximate surface area is 118 Å². The molecule has 0 aliphatic carbocycles. The van der Waals surface area contributed by atoms with Crippen molar-refractivity contribution in [2.75, 3.05) is 13.2 Å². The highest BCUT2D eigenvalue weighted by atomic mass is 16.5. The highest BCUT2D eigenvalue weighted by Crippen LogP contribution is 2.23. The monoisotopic (exact) mass is 271 g/mol. The fraction of sp³-hybridized carbons (Fsp3) is 0.333. The van der Waals surface area contributed by atoms with Crippen LogP contribution < -0.4 is 5.32 Å². The average molecular weight is 271 g/mol. The molecule has 0 aliphatic rings. The van der Waals surface area contributed by atoms with E-state index in [1.54, 1.807) is 0 Å². The van der Waals surface area contributed by atoms with Crippen LogP contribution in [0.1, 0.15) is 30.3 Å².